The number of aromatic amines is 1. The molecule has 1 heterocycles. The van der Waals surface area contributed by atoms with Crippen molar-refractivity contribution >= 4 is 11.6 Å². The van der Waals surface area contributed by atoms with Gasteiger partial charge in [-0.3, -0.25) is 5.10 Å². The molecular formula is C14H10ClN3O. The van der Waals surface area contributed by atoms with Crippen molar-refractivity contribution in [1.82, 2.24) is 15.2 Å². The highest BCUT2D eigenvalue weighted by Crippen LogP contribution is 2.23. The Balaban J connectivity index is 1.97. The van der Waals surface area contributed by atoms with E-state index < -0.39 is 0 Å². The quantitative estimate of drug-likeness (QED) is 0.750. The fraction of sp³-hybridized carbons (Fsp3) is 0. The smallest absolute Gasteiger partial charge is 0.181 e. The highest BCUT2D eigenvalue weighted by Gasteiger charge is 2.07. The number of aromatic nitrogens is 3. The number of benzene rings is 2. The number of nitrogens with zero attached hydrogens (tertiary/aromatic N) is 2. The molecule has 94 valence electrons. The molecule has 1 aromatic heterocycles. The molecule has 0 atom stereocenters. The largest absolute Gasteiger partial charge is 0.508 e. The SMILES string of the molecule is Oc1ccc(-c2nc(-c3cccc(Cl)c3)n[nH]2)cc1. The summed E-state index contributed by atoms with van der Waals surface area (Å²) in [7, 11) is 0. The third-order valence-electron chi connectivity index (χ3n) is 2.71. The molecule has 0 spiro atoms. The molecule has 19 heavy (non-hydrogen) atoms. The van der Waals surface area contributed by atoms with Gasteiger partial charge in [0.25, 0.3) is 0 Å². The number of aromatic hydroxyl groups is 1. The zero-order valence-electron chi connectivity index (χ0n) is 9.84. The van der Waals surface area contributed by atoms with Gasteiger partial charge in [-0.15, -0.1) is 0 Å². The number of halogens is 1. The molecule has 0 saturated carbocycles. The van der Waals surface area contributed by atoms with Crippen molar-refractivity contribution in [2.75, 3.05) is 0 Å². The molecule has 0 bridgehead atoms. The monoisotopic (exact) mass is 271 g/mol. The first kappa shape index (κ1) is 11.7. The van der Waals surface area contributed by atoms with E-state index in [1.54, 1.807) is 30.3 Å². The second kappa shape index (κ2) is 4.74. The minimum atomic E-state index is 0.221. The molecule has 0 amide bonds. The maximum Gasteiger partial charge on any atom is 0.181 e. The number of rotatable bonds is 2. The third-order valence-corrected chi connectivity index (χ3v) is 2.94. The van der Waals surface area contributed by atoms with Crippen LogP contribution in [0, 0.1) is 0 Å². The van der Waals surface area contributed by atoms with Crippen LogP contribution in [0.1, 0.15) is 0 Å². The summed E-state index contributed by atoms with van der Waals surface area (Å²) in [4.78, 5) is 4.41. The number of phenolic OH excluding ortho intramolecular Hbond substituents is 1. The van der Waals surface area contributed by atoms with E-state index >= 15 is 0 Å². The third kappa shape index (κ3) is 2.44. The van der Waals surface area contributed by atoms with Crippen LogP contribution in [0.2, 0.25) is 5.02 Å². The van der Waals surface area contributed by atoms with Gasteiger partial charge in [-0.2, -0.15) is 5.10 Å². The molecule has 3 rings (SSSR count). The van der Waals surface area contributed by atoms with Gasteiger partial charge in [0.1, 0.15) is 5.75 Å². The minimum absolute atomic E-state index is 0.221. The predicted molar refractivity (Wildman–Crippen MR) is 73.9 cm³/mol. The number of H-pyrrole nitrogens is 1. The number of phenols is 1. The average molecular weight is 272 g/mol. The topological polar surface area (TPSA) is 61.8 Å². The van der Waals surface area contributed by atoms with Crippen molar-refractivity contribution in [3.05, 3.63) is 53.6 Å². The lowest BCUT2D eigenvalue weighted by atomic mass is 10.2. The van der Waals surface area contributed by atoms with Crippen LogP contribution in [-0.4, -0.2) is 20.3 Å². The van der Waals surface area contributed by atoms with E-state index in [2.05, 4.69) is 15.2 Å². The summed E-state index contributed by atoms with van der Waals surface area (Å²) in [5, 5.41) is 16.9. The Bertz CT molecular complexity index is 707. The molecule has 4 nitrogen and oxygen atoms in total. The van der Waals surface area contributed by atoms with Crippen molar-refractivity contribution in [2.45, 2.75) is 0 Å². The number of hydrogen-bond acceptors (Lipinski definition) is 3. The Morgan fingerprint density at radius 1 is 1.00 bits per heavy atom. The molecule has 0 radical (unpaired) electrons. The molecule has 0 aliphatic carbocycles. The Morgan fingerprint density at radius 2 is 1.79 bits per heavy atom. The first-order chi connectivity index (χ1) is 9.22. The van der Waals surface area contributed by atoms with Crippen LogP contribution >= 0.6 is 11.6 Å². The van der Waals surface area contributed by atoms with E-state index in [-0.39, 0.29) is 5.75 Å². The second-order valence-corrected chi connectivity index (χ2v) is 4.50. The van der Waals surface area contributed by atoms with Gasteiger partial charge in [-0.1, -0.05) is 23.7 Å². The van der Waals surface area contributed by atoms with E-state index in [0.29, 0.717) is 16.7 Å². The van der Waals surface area contributed by atoms with E-state index in [1.165, 1.54) is 0 Å². The van der Waals surface area contributed by atoms with E-state index in [4.69, 9.17) is 11.6 Å². The standard InChI is InChI=1S/C14H10ClN3O/c15-11-3-1-2-10(8-11)14-16-13(17-18-14)9-4-6-12(19)7-5-9/h1-8,19H,(H,16,17,18). The van der Waals surface area contributed by atoms with Gasteiger partial charge in [-0.25, -0.2) is 4.98 Å². The zero-order chi connectivity index (χ0) is 13.2. The summed E-state index contributed by atoms with van der Waals surface area (Å²) in [6.07, 6.45) is 0. The van der Waals surface area contributed by atoms with Gasteiger partial charge in [-0.05, 0) is 36.4 Å². The predicted octanol–water partition coefficient (Wildman–Crippen LogP) is 3.50. The van der Waals surface area contributed by atoms with Crippen LogP contribution in [-0.2, 0) is 0 Å². The van der Waals surface area contributed by atoms with Crippen LogP contribution in [0.5, 0.6) is 5.75 Å². The van der Waals surface area contributed by atoms with Gasteiger partial charge in [0.2, 0.25) is 0 Å². The van der Waals surface area contributed by atoms with Crippen molar-refractivity contribution in [3.63, 3.8) is 0 Å². The first-order valence-electron chi connectivity index (χ1n) is 5.70. The van der Waals surface area contributed by atoms with Crippen molar-refractivity contribution < 1.29 is 5.11 Å². The summed E-state index contributed by atoms with van der Waals surface area (Å²) >= 11 is 5.94. The number of hydrogen-bond donors (Lipinski definition) is 2. The molecule has 0 aliphatic rings. The summed E-state index contributed by atoms with van der Waals surface area (Å²) in [5.41, 5.74) is 1.72. The normalized spacial score (nSPS) is 10.6. The van der Waals surface area contributed by atoms with E-state index in [1.807, 2.05) is 18.2 Å². The van der Waals surface area contributed by atoms with Gasteiger partial charge in [0, 0.05) is 16.1 Å². The van der Waals surface area contributed by atoms with E-state index in [0.717, 1.165) is 11.1 Å². The Hall–Kier alpha value is -2.33. The molecular weight excluding hydrogens is 262 g/mol. The maximum atomic E-state index is 9.26. The number of nitrogens with one attached hydrogen (secondary N) is 1. The summed E-state index contributed by atoms with van der Waals surface area (Å²) in [5.74, 6) is 1.46. The van der Waals surface area contributed by atoms with Crippen LogP contribution in [0.3, 0.4) is 0 Å². The van der Waals surface area contributed by atoms with Gasteiger partial charge in [0.05, 0.1) is 0 Å². The van der Waals surface area contributed by atoms with Crippen LogP contribution in [0.4, 0.5) is 0 Å². The summed E-state index contributed by atoms with van der Waals surface area (Å²) < 4.78 is 0. The highest BCUT2D eigenvalue weighted by molar-refractivity contribution is 6.30. The van der Waals surface area contributed by atoms with Gasteiger partial charge < -0.3 is 5.11 Å². The first-order valence-corrected chi connectivity index (χ1v) is 6.08. The van der Waals surface area contributed by atoms with Crippen LogP contribution < -0.4 is 0 Å². The Kier molecular flexibility index (Phi) is 2.93. The zero-order valence-corrected chi connectivity index (χ0v) is 10.6. The van der Waals surface area contributed by atoms with Crippen LogP contribution in [0.15, 0.2) is 48.5 Å². The fourth-order valence-electron chi connectivity index (χ4n) is 1.77. The van der Waals surface area contributed by atoms with Crippen LogP contribution in [0.25, 0.3) is 22.8 Å². The molecule has 3 aromatic rings. The lowest BCUT2D eigenvalue weighted by Crippen LogP contribution is -1.81. The van der Waals surface area contributed by atoms with Gasteiger partial charge in [0.15, 0.2) is 11.6 Å². The molecule has 2 N–H and O–H groups in total. The summed E-state index contributed by atoms with van der Waals surface area (Å²) in [6.45, 7) is 0. The molecule has 5 heteroatoms. The van der Waals surface area contributed by atoms with E-state index in [9.17, 15) is 5.11 Å². The summed E-state index contributed by atoms with van der Waals surface area (Å²) in [6, 6.07) is 14.1. The fourth-order valence-corrected chi connectivity index (χ4v) is 1.96. The Labute approximate surface area is 114 Å². The minimum Gasteiger partial charge on any atom is -0.508 e. The maximum absolute atomic E-state index is 9.26. The van der Waals surface area contributed by atoms with Crippen molar-refractivity contribution in [2.24, 2.45) is 0 Å². The lowest BCUT2D eigenvalue weighted by Gasteiger charge is -1.96. The molecule has 2 aromatic carbocycles. The average Bonchev–Trinajstić information content (AvgIpc) is 2.89. The highest BCUT2D eigenvalue weighted by atomic mass is 35.5. The van der Waals surface area contributed by atoms with Crippen molar-refractivity contribution in [3.8, 4) is 28.5 Å². The molecule has 0 unspecified atom stereocenters. The van der Waals surface area contributed by atoms with Gasteiger partial charge >= 0.3 is 0 Å². The van der Waals surface area contributed by atoms with Crippen molar-refractivity contribution in [1.29, 1.82) is 0 Å². The molecule has 0 saturated heterocycles. The Morgan fingerprint density at radius 3 is 2.53 bits per heavy atom. The lowest BCUT2D eigenvalue weighted by molar-refractivity contribution is 0.475. The second-order valence-electron chi connectivity index (χ2n) is 4.06. The molecule has 0 fully saturated rings. The molecule has 0 aliphatic heterocycles.